The summed E-state index contributed by atoms with van der Waals surface area (Å²) < 4.78 is 1.05. The Hall–Kier alpha value is -2.01. The van der Waals surface area contributed by atoms with Crippen LogP contribution < -0.4 is 16.4 Å². The fraction of sp³-hybridized carbons (Fsp3) is 0.188. The number of aryl methyl sites for hydroxylation is 1. The van der Waals surface area contributed by atoms with Crippen LogP contribution in [-0.2, 0) is 6.42 Å². The molecular weight excluding hydrogens is 330 g/mol. The molecular formula is C16H18BrN3O. The molecule has 0 spiro atoms. The van der Waals surface area contributed by atoms with Crippen molar-refractivity contribution in [2.24, 2.45) is 0 Å². The van der Waals surface area contributed by atoms with E-state index in [4.69, 9.17) is 5.73 Å². The van der Waals surface area contributed by atoms with Gasteiger partial charge in [0.2, 0.25) is 0 Å². The fourth-order valence-electron chi connectivity index (χ4n) is 1.97. The number of hydrogen-bond donors (Lipinski definition) is 3. The Morgan fingerprint density at radius 2 is 2.00 bits per heavy atom. The van der Waals surface area contributed by atoms with Crippen molar-refractivity contribution in [1.82, 2.24) is 5.32 Å². The third-order valence-electron chi connectivity index (χ3n) is 3.09. The fourth-order valence-corrected chi connectivity index (χ4v) is 2.46. The molecule has 0 heterocycles. The molecule has 0 bridgehead atoms. The average Bonchev–Trinajstić information content (AvgIpc) is 2.44. The number of nitrogens with one attached hydrogen (secondary N) is 2. The number of carbonyl (C=O) groups is 1. The number of hydrogen-bond acceptors (Lipinski definition) is 2. The molecule has 110 valence electrons. The van der Waals surface area contributed by atoms with Crippen molar-refractivity contribution in [1.29, 1.82) is 0 Å². The van der Waals surface area contributed by atoms with E-state index in [9.17, 15) is 4.79 Å². The van der Waals surface area contributed by atoms with Crippen molar-refractivity contribution < 1.29 is 4.79 Å². The van der Waals surface area contributed by atoms with Crippen LogP contribution in [0.1, 0.15) is 11.1 Å². The highest BCUT2D eigenvalue weighted by atomic mass is 79.9. The lowest BCUT2D eigenvalue weighted by atomic mass is 10.1. The van der Waals surface area contributed by atoms with Crippen LogP contribution in [0.25, 0.3) is 0 Å². The molecule has 0 fully saturated rings. The van der Waals surface area contributed by atoms with Gasteiger partial charge in [-0.25, -0.2) is 4.79 Å². The molecule has 2 amide bonds. The summed E-state index contributed by atoms with van der Waals surface area (Å²) in [6.07, 6.45) is 0.762. The van der Waals surface area contributed by atoms with Crippen LogP contribution in [0.4, 0.5) is 16.2 Å². The lowest BCUT2D eigenvalue weighted by Crippen LogP contribution is -2.30. The summed E-state index contributed by atoms with van der Waals surface area (Å²) >= 11 is 3.49. The van der Waals surface area contributed by atoms with E-state index in [0.29, 0.717) is 17.9 Å². The second-order valence-electron chi connectivity index (χ2n) is 4.81. The Bertz CT molecular complexity index is 643. The maximum absolute atomic E-state index is 11.8. The van der Waals surface area contributed by atoms with Crippen molar-refractivity contribution in [3.05, 3.63) is 58.1 Å². The maximum Gasteiger partial charge on any atom is 0.319 e. The van der Waals surface area contributed by atoms with E-state index < -0.39 is 0 Å². The number of rotatable bonds is 4. The van der Waals surface area contributed by atoms with E-state index in [1.807, 2.05) is 43.3 Å². The third-order valence-corrected chi connectivity index (χ3v) is 3.87. The monoisotopic (exact) mass is 347 g/mol. The first-order valence-electron chi connectivity index (χ1n) is 6.70. The predicted molar refractivity (Wildman–Crippen MR) is 90.5 cm³/mol. The van der Waals surface area contributed by atoms with Crippen LogP contribution in [0.15, 0.2) is 46.9 Å². The number of halogens is 1. The Labute approximate surface area is 132 Å². The Morgan fingerprint density at radius 1 is 1.24 bits per heavy atom. The van der Waals surface area contributed by atoms with Gasteiger partial charge in [-0.15, -0.1) is 0 Å². The Morgan fingerprint density at radius 3 is 2.71 bits per heavy atom. The minimum atomic E-state index is -0.252. The second kappa shape index (κ2) is 7.13. The van der Waals surface area contributed by atoms with Crippen molar-refractivity contribution in [3.63, 3.8) is 0 Å². The standard InChI is InChI=1S/C16H18BrN3O/c1-11-6-7-15(14(18)10-11)20-16(21)19-9-8-12-4-2-3-5-13(12)17/h2-7,10H,8-9,18H2,1H3,(H2,19,20,21). The van der Waals surface area contributed by atoms with Crippen LogP contribution in [0, 0.1) is 6.92 Å². The molecule has 0 saturated carbocycles. The molecule has 0 atom stereocenters. The lowest BCUT2D eigenvalue weighted by molar-refractivity contribution is 0.252. The molecule has 0 radical (unpaired) electrons. The predicted octanol–water partition coefficient (Wildman–Crippen LogP) is 3.70. The smallest absolute Gasteiger partial charge is 0.319 e. The molecule has 0 aromatic heterocycles. The molecule has 0 aliphatic carbocycles. The molecule has 0 saturated heterocycles. The zero-order valence-corrected chi connectivity index (χ0v) is 13.4. The lowest BCUT2D eigenvalue weighted by Gasteiger charge is -2.10. The average molecular weight is 348 g/mol. The number of nitrogen functional groups attached to an aromatic ring is 1. The van der Waals surface area contributed by atoms with E-state index in [1.165, 1.54) is 0 Å². The summed E-state index contributed by atoms with van der Waals surface area (Å²) in [5.41, 5.74) is 9.27. The second-order valence-corrected chi connectivity index (χ2v) is 5.67. The Kier molecular flexibility index (Phi) is 5.22. The summed E-state index contributed by atoms with van der Waals surface area (Å²) in [6, 6.07) is 13.3. The molecule has 2 aromatic rings. The Balaban J connectivity index is 1.84. The molecule has 2 rings (SSSR count). The van der Waals surface area contributed by atoms with Crippen molar-refractivity contribution in [3.8, 4) is 0 Å². The van der Waals surface area contributed by atoms with Crippen molar-refractivity contribution in [2.75, 3.05) is 17.6 Å². The molecule has 5 heteroatoms. The van der Waals surface area contributed by atoms with Gasteiger partial charge in [0.25, 0.3) is 0 Å². The van der Waals surface area contributed by atoms with Crippen molar-refractivity contribution in [2.45, 2.75) is 13.3 Å². The van der Waals surface area contributed by atoms with Crippen LogP contribution in [0.2, 0.25) is 0 Å². The van der Waals surface area contributed by atoms with Gasteiger partial charge in [0.05, 0.1) is 11.4 Å². The molecule has 4 nitrogen and oxygen atoms in total. The van der Waals surface area contributed by atoms with E-state index in [2.05, 4.69) is 26.6 Å². The first-order chi connectivity index (χ1) is 10.1. The number of urea groups is 1. The zero-order chi connectivity index (χ0) is 15.2. The minimum Gasteiger partial charge on any atom is -0.397 e. The van der Waals surface area contributed by atoms with Gasteiger partial charge in [-0.1, -0.05) is 40.2 Å². The van der Waals surface area contributed by atoms with Gasteiger partial charge in [0.15, 0.2) is 0 Å². The van der Waals surface area contributed by atoms with Crippen LogP contribution in [0.3, 0.4) is 0 Å². The largest absolute Gasteiger partial charge is 0.397 e. The van der Waals surface area contributed by atoms with Gasteiger partial charge in [0, 0.05) is 11.0 Å². The quantitative estimate of drug-likeness (QED) is 0.738. The normalized spacial score (nSPS) is 10.2. The first kappa shape index (κ1) is 15.4. The van der Waals surface area contributed by atoms with E-state index in [0.717, 1.165) is 22.0 Å². The van der Waals surface area contributed by atoms with Gasteiger partial charge >= 0.3 is 6.03 Å². The van der Waals surface area contributed by atoms with Gasteiger partial charge < -0.3 is 16.4 Å². The van der Waals surface area contributed by atoms with Crippen LogP contribution in [-0.4, -0.2) is 12.6 Å². The van der Waals surface area contributed by atoms with Gasteiger partial charge in [-0.3, -0.25) is 0 Å². The van der Waals surface area contributed by atoms with E-state index in [1.54, 1.807) is 6.07 Å². The van der Waals surface area contributed by atoms with E-state index in [-0.39, 0.29) is 6.03 Å². The summed E-state index contributed by atoms with van der Waals surface area (Å²) in [5, 5.41) is 5.57. The highest BCUT2D eigenvalue weighted by Gasteiger charge is 2.05. The highest BCUT2D eigenvalue weighted by molar-refractivity contribution is 9.10. The molecule has 0 unspecified atom stereocenters. The summed E-state index contributed by atoms with van der Waals surface area (Å²) in [6.45, 7) is 2.51. The summed E-state index contributed by atoms with van der Waals surface area (Å²) in [4.78, 5) is 11.8. The number of amides is 2. The summed E-state index contributed by atoms with van der Waals surface area (Å²) in [7, 11) is 0. The van der Waals surface area contributed by atoms with Gasteiger partial charge in [-0.05, 0) is 42.7 Å². The number of benzene rings is 2. The minimum absolute atomic E-state index is 0.252. The van der Waals surface area contributed by atoms with Gasteiger partial charge in [-0.2, -0.15) is 0 Å². The number of carbonyl (C=O) groups excluding carboxylic acids is 1. The zero-order valence-electron chi connectivity index (χ0n) is 11.8. The molecule has 21 heavy (non-hydrogen) atoms. The topological polar surface area (TPSA) is 67.2 Å². The maximum atomic E-state index is 11.8. The summed E-state index contributed by atoms with van der Waals surface area (Å²) in [5.74, 6) is 0. The van der Waals surface area contributed by atoms with Crippen molar-refractivity contribution >= 4 is 33.3 Å². The molecule has 2 aromatic carbocycles. The van der Waals surface area contributed by atoms with E-state index >= 15 is 0 Å². The number of nitrogens with two attached hydrogens (primary N) is 1. The van der Waals surface area contributed by atoms with Gasteiger partial charge in [0.1, 0.15) is 0 Å². The van der Waals surface area contributed by atoms with Crippen LogP contribution in [0.5, 0.6) is 0 Å². The third kappa shape index (κ3) is 4.49. The van der Waals surface area contributed by atoms with Crippen LogP contribution >= 0.6 is 15.9 Å². The molecule has 0 aliphatic heterocycles. The molecule has 4 N–H and O–H groups in total. The number of anilines is 2. The molecule has 0 aliphatic rings. The first-order valence-corrected chi connectivity index (χ1v) is 7.50. The SMILES string of the molecule is Cc1ccc(NC(=O)NCCc2ccccc2Br)c(N)c1. The highest BCUT2D eigenvalue weighted by Crippen LogP contribution is 2.19.